The maximum Gasteiger partial charge on any atom is 0.416 e. The minimum Gasteiger partial charge on any atom is -0.619 e. The summed E-state index contributed by atoms with van der Waals surface area (Å²) in [6, 6.07) is 10.3. The fourth-order valence-corrected chi connectivity index (χ4v) is 3.66. The Morgan fingerprint density at radius 1 is 1.16 bits per heavy atom. The summed E-state index contributed by atoms with van der Waals surface area (Å²) in [5.41, 5.74) is 1.22. The lowest BCUT2D eigenvalue weighted by atomic mass is 10.1. The summed E-state index contributed by atoms with van der Waals surface area (Å²) in [5, 5.41) is 18.3. The molecule has 6 nitrogen and oxygen atoms in total. The molecule has 2 heterocycles. The fourth-order valence-electron chi connectivity index (χ4n) is 3.66. The molecule has 4 rings (SSSR count). The zero-order valence-electron chi connectivity index (χ0n) is 16.9. The van der Waals surface area contributed by atoms with E-state index in [1.54, 1.807) is 29.2 Å². The van der Waals surface area contributed by atoms with Gasteiger partial charge in [-0.1, -0.05) is 12.1 Å². The van der Waals surface area contributed by atoms with Gasteiger partial charge in [0.05, 0.1) is 11.3 Å². The normalized spacial score (nSPS) is 13.8. The van der Waals surface area contributed by atoms with Crippen molar-refractivity contribution in [3.63, 3.8) is 0 Å². The van der Waals surface area contributed by atoms with E-state index in [9.17, 15) is 27.6 Å². The highest BCUT2D eigenvalue weighted by Gasteiger charge is 2.33. The summed E-state index contributed by atoms with van der Waals surface area (Å²) in [6.45, 7) is 0.169. The third kappa shape index (κ3) is 4.22. The van der Waals surface area contributed by atoms with Crippen molar-refractivity contribution in [1.82, 2.24) is 10.3 Å². The monoisotopic (exact) mass is 446 g/mol. The molecule has 0 atom stereocenters. The maximum atomic E-state index is 13.3. The number of aromatic nitrogens is 1. The van der Waals surface area contributed by atoms with Crippen LogP contribution in [0.1, 0.15) is 27.0 Å². The molecule has 3 aromatic rings. The predicted octanol–water partition coefficient (Wildman–Crippen LogP) is 3.91. The molecule has 0 saturated heterocycles. The summed E-state index contributed by atoms with van der Waals surface area (Å²) < 4.78 is 52.5. The van der Waals surface area contributed by atoms with Crippen LogP contribution >= 0.6 is 0 Å². The number of amides is 1. The van der Waals surface area contributed by atoms with E-state index in [2.05, 4.69) is 5.32 Å². The van der Waals surface area contributed by atoms with Crippen molar-refractivity contribution < 1.29 is 27.1 Å². The smallest absolute Gasteiger partial charge is 0.416 e. The number of carbonyl (C=O) groups is 1. The van der Waals surface area contributed by atoms with Crippen LogP contribution in [0.15, 0.2) is 60.9 Å². The molecule has 0 unspecified atom stereocenters. The molecule has 0 aliphatic carbocycles. The third-order valence-corrected chi connectivity index (χ3v) is 5.12. The minimum atomic E-state index is -4.48. The lowest BCUT2D eigenvalue weighted by molar-refractivity contribution is -0.604. The molecular formula is C22H18F4N4O2. The highest BCUT2D eigenvalue weighted by atomic mass is 19.4. The number of fused-ring (bicyclic) bond motifs is 1. The van der Waals surface area contributed by atoms with Crippen LogP contribution < -0.4 is 15.1 Å². The van der Waals surface area contributed by atoms with Crippen LogP contribution in [0.5, 0.6) is 0 Å². The molecule has 2 aromatic carbocycles. The van der Waals surface area contributed by atoms with Gasteiger partial charge in [-0.15, -0.1) is 0 Å². The number of carbonyl (C=O) groups excluding carboxylic acids is 1. The molecule has 1 amide bonds. The van der Waals surface area contributed by atoms with Crippen molar-refractivity contribution in [2.45, 2.75) is 19.3 Å². The van der Waals surface area contributed by atoms with Gasteiger partial charge in [-0.05, 0) is 42.0 Å². The quantitative estimate of drug-likeness (QED) is 0.375. The van der Waals surface area contributed by atoms with Gasteiger partial charge < -0.3 is 10.5 Å². The summed E-state index contributed by atoms with van der Waals surface area (Å²) in [6.07, 6.45) is -2.04. The number of hydrogen-bond acceptors (Lipinski definition) is 4. The first-order valence-electron chi connectivity index (χ1n) is 9.60. The second-order valence-corrected chi connectivity index (χ2v) is 7.38. The van der Waals surface area contributed by atoms with E-state index in [0.29, 0.717) is 28.2 Å². The molecule has 0 fully saturated rings. The van der Waals surface area contributed by atoms with Gasteiger partial charge in [0.1, 0.15) is 17.1 Å². The van der Waals surface area contributed by atoms with E-state index in [1.807, 2.05) is 0 Å². The zero-order valence-corrected chi connectivity index (χ0v) is 16.9. The van der Waals surface area contributed by atoms with Gasteiger partial charge in [-0.3, -0.25) is 9.80 Å². The number of anilines is 2. The van der Waals surface area contributed by atoms with Crippen LogP contribution in [0.25, 0.3) is 0 Å². The Kier molecular flexibility index (Phi) is 5.47. The van der Waals surface area contributed by atoms with Crippen LogP contribution in [0.3, 0.4) is 0 Å². The topological polar surface area (TPSA) is 62.5 Å². The first-order chi connectivity index (χ1) is 15.1. The van der Waals surface area contributed by atoms with Gasteiger partial charge in [0, 0.05) is 25.7 Å². The SMILES string of the molecule is CN1Cc2c(C(=O)NCc3cccc(C(F)(F)F)c3)c[n+]([O-])cc2N1c1ccc(F)cc1. The van der Waals surface area contributed by atoms with Crippen molar-refractivity contribution in [3.05, 3.63) is 94.2 Å². The Balaban J connectivity index is 1.60. The van der Waals surface area contributed by atoms with Crippen LogP contribution in [0, 0.1) is 11.0 Å². The van der Waals surface area contributed by atoms with Crippen molar-refractivity contribution >= 4 is 17.3 Å². The lowest BCUT2D eigenvalue weighted by Gasteiger charge is -2.26. The van der Waals surface area contributed by atoms with Gasteiger partial charge >= 0.3 is 6.18 Å². The third-order valence-electron chi connectivity index (χ3n) is 5.12. The number of hydrogen-bond donors (Lipinski definition) is 1. The Labute approximate surface area is 180 Å². The maximum absolute atomic E-state index is 13.3. The second-order valence-electron chi connectivity index (χ2n) is 7.38. The molecule has 0 bridgehead atoms. The molecule has 0 saturated carbocycles. The van der Waals surface area contributed by atoms with Gasteiger partial charge in [-0.2, -0.15) is 17.9 Å². The molecule has 1 aromatic heterocycles. The second kappa shape index (κ2) is 8.12. The average molecular weight is 446 g/mol. The molecule has 1 aliphatic heterocycles. The largest absolute Gasteiger partial charge is 0.619 e. The standard InChI is InChI=1S/C22H18F4N4O2/c1-28-11-18-19(21(31)27-10-14-3-2-4-15(9-14)22(24,25)26)12-29(32)13-20(18)30(28)17-7-5-16(23)6-8-17/h2-9,12-13H,10-11H2,1H3,(H,27,31). The zero-order chi connectivity index (χ0) is 23.0. The van der Waals surface area contributed by atoms with Crippen LogP contribution in [-0.2, 0) is 19.3 Å². The van der Waals surface area contributed by atoms with Crippen molar-refractivity contribution in [1.29, 1.82) is 0 Å². The Hall–Kier alpha value is -3.66. The highest BCUT2D eigenvalue weighted by molar-refractivity contribution is 5.97. The summed E-state index contributed by atoms with van der Waals surface area (Å²) >= 11 is 0. The lowest BCUT2D eigenvalue weighted by Crippen LogP contribution is -2.33. The first-order valence-corrected chi connectivity index (χ1v) is 9.60. The Morgan fingerprint density at radius 2 is 1.88 bits per heavy atom. The van der Waals surface area contributed by atoms with E-state index in [4.69, 9.17) is 0 Å². The Bertz CT molecular complexity index is 1170. The minimum absolute atomic E-state index is 0.112. The fraction of sp³-hybridized carbons (Fsp3) is 0.182. The first kappa shape index (κ1) is 21.6. The average Bonchev–Trinajstić information content (AvgIpc) is 3.07. The van der Waals surface area contributed by atoms with Crippen LogP contribution in [-0.4, -0.2) is 18.0 Å². The highest BCUT2D eigenvalue weighted by Crippen LogP contribution is 2.37. The van der Waals surface area contributed by atoms with Crippen molar-refractivity contribution in [3.8, 4) is 0 Å². The van der Waals surface area contributed by atoms with Gasteiger partial charge in [0.25, 0.3) is 5.91 Å². The number of benzene rings is 2. The van der Waals surface area contributed by atoms with Crippen molar-refractivity contribution in [2.75, 3.05) is 12.1 Å². The molecule has 0 spiro atoms. The molecule has 10 heteroatoms. The number of halogens is 4. The Morgan fingerprint density at radius 3 is 2.56 bits per heavy atom. The van der Waals surface area contributed by atoms with Gasteiger partial charge in [0.15, 0.2) is 6.20 Å². The van der Waals surface area contributed by atoms with Crippen LogP contribution in [0.2, 0.25) is 0 Å². The van der Waals surface area contributed by atoms with E-state index in [0.717, 1.165) is 18.3 Å². The van der Waals surface area contributed by atoms with Crippen LogP contribution in [0.4, 0.5) is 28.9 Å². The summed E-state index contributed by atoms with van der Waals surface area (Å²) in [7, 11) is 1.75. The van der Waals surface area contributed by atoms with Gasteiger partial charge in [-0.25, -0.2) is 9.40 Å². The molecule has 0 radical (unpaired) electrons. The van der Waals surface area contributed by atoms with E-state index in [1.165, 1.54) is 30.5 Å². The van der Waals surface area contributed by atoms with Crippen molar-refractivity contribution in [2.24, 2.45) is 0 Å². The number of pyridine rings is 1. The molecule has 1 aliphatic rings. The number of rotatable bonds is 4. The van der Waals surface area contributed by atoms with E-state index < -0.39 is 23.5 Å². The number of alkyl halides is 3. The van der Waals surface area contributed by atoms with E-state index >= 15 is 0 Å². The molecule has 166 valence electrons. The molecular weight excluding hydrogens is 428 g/mol. The number of nitrogens with zero attached hydrogens (tertiary/aromatic N) is 3. The molecule has 32 heavy (non-hydrogen) atoms. The summed E-state index contributed by atoms with van der Waals surface area (Å²) in [4.78, 5) is 12.8. The number of hydrazine groups is 1. The number of nitrogens with one attached hydrogen (secondary N) is 1. The van der Waals surface area contributed by atoms with Gasteiger partial charge in [0.2, 0.25) is 6.20 Å². The summed E-state index contributed by atoms with van der Waals surface area (Å²) in [5.74, 6) is -0.990. The molecule has 1 N–H and O–H groups in total. The van der Waals surface area contributed by atoms with E-state index in [-0.39, 0.29) is 17.7 Å². The predicted molar refractivity (Wildman–Crippen MR) is 108 cm³/mol.